The molecule has 0 unspecified atom stereocenters. The SMILES string of the molecule is CS(=O)(=O)Nc1ccc(C(=O)N2CCC(NC(=O)CCc3ccccc3)CC2)cc1. The van der Waals surface area contributed by atoms with Gasteiger partial charge in [-0.1, -0.05) is 30.3 Å². The lowest BCUT2D eigenvalue weighted by Gasteiger charge is -2.32. The van der Waals surface area contributed by atoms with Gasteiger partial charge in [0, 0.05) is 36.8 Å². The summed E-state index contributed by atoms with van der Waals surface area (Å²) in [6.45, 7) is 1.15. The number of hydrogen-bond donors (Lipinski definition) is 2. The number of nitrogens with zero attached hydrogens (tertiary/aromatic N) is 1. The molecule has 0 radical (unpaired) electrons. The van der Waals surface area contributed by atoms with Gasteiger partial charge in [-0.3, -0.25) is 14.3 Å². The Morgan fingerprint density at radius 1 is 1.00 bits per heavy atom. The third kappa shape index (κ3) is 6.59. The van der Waals surface area contributed by atoms with Crippen LogP contribution >= 0.6 is 0 Å². The standard InChI is InChI=1S/C22H27N3O4S/c1-30(28,29)24-20-10-8-18(9-11-20)22(27)25-15-13-19(14-16-25)23-21(26)12-7-17-5-3-2-4-6-17/h2-6,8-11,19,24H,7,12-16H2,1H3,(H,23,26). The van der Waals surface area contributed by atoms with Gasteiger partial charge in [-0.05, 0) is 49.1 Å². The monoisotopic (exact) mass is 429 g/mol. The van der Waals surface area contributed by atoms with Crippen molar-refractivity contribution >= 4 is 27.5 Å². The number of nitrogens with one attached hydrogen (secondary N) is 2. The van der Waals surface area contributed by atoms with Crippen molar-refractivity contribution in [2.45, 2.75) is 31.7 Å². The topological polar surface area (TPSA) is 95.6 Å². The normalized spacial score (nSPS) is 14.9. The number of sulfonamides is 1. The Balaban J connectivity index is 1.44. The number of amides is 2. The fourth-order valence-corrected chi connectivity index (χ4v) is 4.07. The molecule has 0 spiro atoms. The van der Waals surface area contributed by atoms with Crippen LogP contribution in [-0.4, -0.2) is 50.5 Å². The molecule has 2 N–H and O–H groups in total. The van der Waals surface area contributed by atoms with E-state index in [1.807, 2.05) is 30.3 Å². The molecule has 1 saturated heterocycles. The van der Waals surface area contributed by atoms with Crippen LogP contribution in [0.5, 0.6) is 0 Å². The Morgan fingerprint density at radius 2 is 1.63 bits per heavy atom. The molecule has 1 fully saturated rings. The fraction of sp³-hybridized carbons (Fsp3) is 0.364. The first kappa shape index (κ1) is 21.8. The highest BCUT2D eigenvalue weighted by atomic mass is 32.2. The summed E-state index contributed by atoms with van der Waals surface area (Å²) < 4.78 is 24.9. The number of aryl methyl sites for hydroxylation is 1. The van der Waals surface area contributed by atoms with E-state index in [1.165, 1.54) is 0 Å². The zero-order chi connectivity index (χ0) is 21.6. The zero-order valence-corrected chi connectivity index (χ0v) is 17.8. The number of anilines is 1. The van der Waals surface area contributed by atoms with E-state index in [4.69, 9.17) is 0 Å². The van der Waals surface area contributed by atoms with Crippen LogP contribution in [0.25, 0.3) is 0 Å². The second kappa shape index (κ2) is 9.75. The molecule has 0 aliphatic carbocycles. The molecule has 1 aliphatic rings. The zero-order valence-electron chi connectivity index (χ0n) is 17.0. The van der Waals surface area contributed by atoms with Crippen molar-refractivity contribution in [1.82, 2.24) is 10.2 Å². The van der Waals surface area contributed by atoms with Crippen LogP contribution in [0.4, 0.5) is 5.69 Å². The van der Waals surface area contributed by atoms with E-state index in [-0.39, 0.29) is 17.9 Å². The maximum absolute atomic E-state index is 12.7. The molecular formula is C22H27N3O4S. The Kier molecular flexibility index (Phi) is 7.10. The maximum Gasteiger partial charge on any atom is 0.253 e. The molecule has 0 aromatic heterocycles. The van der Waals surface area contributed by atoms with Crippen molar-refractivity contribution in [2.24, 2.45) is 0 Å². The molecule has 3 rings (SSSR count). The third-order valence-electron chi connectivity index (χ3n) is 5.07. The minimum Gasteiger partial charge on any atom is -0.353 e. The minimum absolute atomic E-state index is 0.0394. The number of piperidine rings is 1. The first-order valence-corrected chi connectivity index (χ1v) is 11.9. The number of rotatable bonds is 7. The molecule has 30 heavy (non-hydrogen) atoms. The highest BCUT2D eigenvalue weighted by Crippen LogP contribution is 2.17. The lowest BCUT2D eigenvalue weighted by Crippen LogP contribution is -2.46. The van der Waals surface area contributed by atoms with E-state index >= 15 is 0 Å². The lowest BCUT2D eigenvalue weighted by atomic mass is 10.0. The first-order valence-electron chi connectivity index (χ1n) is 10.0. The van der Waals surface area contributed by atoms with Crippen LogP contribution in [-0.2, 0) is 21.2 Å². The van der Waals surface area contributed by atoms with E-state index < -0.39 is 10.0 Å². The van der Waals surface area contributed by atoms with Crippen molar-refractivity contribution in [1.29, 1.82) is 0 Å². The summed E-state index contributed by atoms with van der Waals surface area (Å²) in [7, 11) is -3.35. The molecule has 0 atom stereocenters. The maximum atomic E-state index is 12.7. The quantitative estimate of drug-likeness (QED) is 0.707. The summed E-state index contributed by atoms with van der Waals surface area (Å²) in [4.78, 5) is 26.7. The van der Waals surface area contributed by atoms with Gasteiger partial charge in [0.1, 0.15) is 0 Å². The van der Waals surface area contributed by atoms with E-state index in [0.717, 1.165) is 24.7 Å². The predicted octanol–water partition coefficient (Wildman–Crippen LogP) is 2.41. The van der Waals surface area contributed by atoms with Gasteiger partial charge < -0.3 is 10.2 Å². The Morgan fingerprint density at radius 3 is 2.23 bits per heavy atom. The average molecular weight is 430 g/mol. The van der Waals surface area contributed by atoms with Gasteiger partial charge in [0.25, 0.3) is 5.91 Å². The lowest BCUT2D eigenvalue weighted by molar-refractivity contribution is -0.122. The van der Waals surface area contributed by atoms with Gasteiger partial charge >= 0.3 is 0 Å². The molecule has 1 aliphatic heterocycles. The largest absolute Gasteiger partial charge is 0.353 e. The van der Waals surface area contributed by atoms with E-state index in [0.29, 0.717) is 37.2 Å². The molecule has 0 bridgehead atoms. The Hall–Kier alpha value is -2.87. The molecule has 2 aromatic rings. The van der Waals surface area contributed by atoms with Crippen LogP contribution in [0.2, 0.25) is 0 Å². The van der Waals surface area contributed by atoms with Crippen molar-refractivity contribution in [3.8, 4) is 0 Å². The fourth-order valence-electron chi connectivity index (χ4n) is 3.51. The molecule has 1 heterocycles. The van der Waals surface area contributed by atoms with Crippen LogP contribution in [0.3, 0.4) is 0 Å². The van der Waals surface area contributed by atoms with E-state index in [9.17, 15) is 18.0 Å². The second-order valence-electron chi connectivity index (χ2n) is 7.57. The molecule has 2 amide bonds. The van der Waals surface area contributed by atoms with Crippen molar-refractivity contribution in [2.75, 3.05) is 24.1 Å². The van der Waals surface area contributed by atoms with Gasteiger partial charge in [-0.15, -0.1) is 0 Å². The number of hydrogen-bond acceptors (Lipinski definition) is 4. The van der Waals surface area contributed by atoms with E-state index in [1.54, 1.807) is 29.2 Å². The Labute approximate surface area is 177 Å². The molecule has 2 aromatic carbocycles. The summed E-state index contributed by atoms with van der Waals surface area (Å²) >= 11 is 0. The predicted molar refractivity (Wildman–Crippen MR) is 117 cm³/mol. The highest BCUT2D eigenvalue weighted by Gasteiger charge is 2.24. The van der Waals surface area contributed by atoms with Crippen LogP contribution < -0.4 is 10.0 Å². The number of carbonyl (C=O) groups is 2. The summed E-state index contributed by atoms with van der Waals surface area (Å²) in [6.07, 6.45) is 3.69. The molecule has 7 nitrogen and oxygen atoms in total. The van der Waals surface area contributed by atoms with Crippen molar-refractivity contribution < 1.29 is 18.0 Å². The molecule has 160 valence electrons. The van der Waals surface area contributed by atoms with Crippen LogP contribution in [0, 0.1) is 0 Å². The second-order valence-corrected chi connectivity index (χ2v) is 9.32. The van der Waals surface area contributed by atoms with Gasteiger partial charge in [0.15, 0.2) is 0 Å². The van der Waals surface area contributed by atoms with E-state index in [2.05, 4.69) is 10.0 Å². The highest BCUT2D eigenvalue weighted by molar-refractivity contribution is 7.92. The summed E-state index contributed by atoms with van der Waals surface area (Å²) in [5.74, 6) is -0.0487. The minimum atomic E-state index is -3.35. The number of benzene rings is 2. The molecular weight excluding hydrogens is 402 g/mol. The molecule has 8 heteroatoms. The van der Waals surface area contributed by atoms with Crippen LogP contribution in [0.1, 0.15) is 35.2 Å². The van der Waals surface area contributed by atoms with Crippen LogP contribution in [0.15, 0.2) is 54.6 Å². The third-order valence-corrected chi connectivity index (χ3v) is 5.67. The van der Waals surface area contributed by atoms with Gasteiger partial charge in [-0.25, -0.2) is 8.42 Å². The van der Waals surface area contributed by atoms with Gasteiger partial charge in [0.05, 0.1) is 6.26 Å². The van der Waals surface area contributed by atoms with Crippen molar-refractivity contribution in [3.05, 3.63) is 65.7 Å². The summed E-state index contributed by atoms with van der Waals surface area (Å²) in [6, 6.07) is 16.4. The number of likely N-dealkylation sites (tertiary alicyclic amines) is 1. The smallest absolute Gasteiger partial charge is 0.253 e. The Bertz CT molecular complexity index is 967. The summed E-state index contributed by atoms with van der Waals surface area (Å²) in [5.41, 5.74) is 2.08. The van der Waals surface area contributed by atoms with Crippen molar-refractivity contribution in [3.63, 3.8) is 0 Å². The van der Waals surface area contributed by atoms with Gasteiger partial charge in [-0.2, -0.15) is 0 Å². The average Bonchev–Trinajstić information content (AvgIpc) is 2.72. The first-order chi connectivity index (χ1) is 14.3. The number of carbonyl (C=O) groups excluding carboxylic acids is 2. The summed E-state index contributed by atoms with van der Waals surface area (Å²) in [5, 5.41) is 3.08. The van der Waals surface area contributed by atoms with Gasteiger partial charge in [0.2, 0.25) is 15.9 Å². The molecule has 0 saturated carbocycles.